The average Bonchev–Trinajstić information content (AvgIpc) is 1.95. The Morgan fingerprint density at radius 3 is 2.70 bits per heavy atom. The van der Waals surface area contributed by atoms with Crippen LogP contribution in [0.5, 0.6) is 0 Å². The highest BCUT2D eigenvalue weighted by Gasteiger charge is 1.93. The molecule has 1 rings (SSSR count). The number of carbonyl (C=O) groups is 1. The van der Waals surface area contributed by atoms with Gasteiger partial charge in [0, 0.05) is 13.1 Å². The Morgan fingerprint density at radius 1 is 1.50 bits per heavy atom. The van der Waals surface area contributed by atoms with Gasteiger partial charge in [0.15, 0.2) is 6.29 Å². The Hall–Kier alpha value is -1.38. The SMILES string of the molecule is Cn1c(C=O)cccc1=O. The minimum Gasteiger partial charge on any atom is -0.309 e. The van der Waals surface area contributed by atoms with Gasteiger partial charge in [0.2, 0.25) is 0 Å². The third-order valence-electron chi connectivity index (χ3n) is 1.34. The number of aldehydes is 1. The molecule has 0 aromatic carbocycles. The van der Waals surface area contributed by atoms with Crippen molar-refractivity contribution in [3.63, 3.8) is 0 Å². The van der Waals surface area contributed by atoms with Gasteiger partial charge in [-0.3, -0.25) is 9.59 Å². The van der Waals surface area contributed by atoms with Crippen LogP contribution in [0.3, 0.4) is 0 Å². The topological polar surface area (TPSA) is 39.1 Å². The van der Waals surface area contributed by atoms with Crippen LogP contribution in [-0.4, -0.2) is 10.9 Å². The second-order valence-electron chi connectivity index (χ2n) is 1.97. The maximum Gasteiger partial charge on any atom is 0.250 e. The fourth-order valence-electron chi connectivity index (χ4n) is 0.698. The summed E-state index contributed by atoms with van der Waals surface area (Å²) in [5.74, 6) is 0. The second kappa shape index (κ2) is 2.47. The third-order valence-corrected chi connectivity index (χ3v) is 1.34. The van der Waals surface area contributed by atoms with Crippen molar-refractivity contribution in [1.29, 1.82) is 0 Å². The highest BCUT2D eigenvalue weighted by Crippen LogP contribution is 1.86. The first kappa shape index (κ1) is 6.74. The van der Waals surface area contributed by atoms with Gasteiger partial charge in [-0.25, -0.2) is 0 Å². The molecule has 0 aliphatic heterocycles. The van der Waals surface area contributed by atoms with E-state index in [0.717, 1.165) is 0 Å². The zero-order valence-electron chi connectivity index (χ0n) is 5.57. The van der Waals surface area contributed by atoms with Gasteiger partial charge in [0.1, 0.15) is 0 Å². The van der Waals surface area contributed by atoms with Gasteiger partial charge in [0.25, 0.3) is 5.56 Å². The molecule has 10 heavy (non-hydrogen) atoms. The van der Waals surface area contributed by atoms with Gasteiger partial charge >= 0.3 is 0 Å². The van der Waals surface area contributed by atoms with Crippen LogP contribution < -0.4 is 5.56 Å². The number of carbonyl (C=O) groups excluding carboxylic acids is 1. The summed E-state index contributed by atoms with van der Waals surface area (Å²) in [7, 11) is 1.56. The molecule has 0 amide bonds. The van der Waals surface area contributed by atoms with Gasteiger partial charge < -0.3 is 4.57 Å². The fraction of sp³-hybridized carbons (Fsp3) is 0.143. The summed E-state index contributed by atoms with van der Waals surface area (Å²) in [6.07, 6.45) is 0.654. The summed E-state index contributed by atoms with van der Waals surface area (Å²) in [5, 5.41) is 0. The molecule has 0 radical (unpaired) electrons. The highest BCUT2D eigenvalue weighted by atomic mass is 16.1. The van der Waals surface area contributed by atoms with Crippen LogP contribution in [0.4, 0.5) is 0 Å². The van der Waals surface area contributed by atoms with E-state index in [0.29, 0.717) is 12.0 Å². The van der Waals surface area contributed by atoms with Crippen LogP contribution in [0.25, 0.3) is 0 Å². The van der Waals surface area contributed by atoms with E-state index >= 15 is 0 Å². The van der Waals surface area contributed by atoms with Gasteiger partial charge in [-0.2, -0.15) is 0 Å². The van der Waals surface area contributed by atoms with Gasteiger partial charge in [-0.15, -0.1) is 0 Å². The lowest BCUT2D eigenvalue weighted by atomic mass is 10.4. The zero-order chi connectivity index (χ0) is 7.56. The summed E-state index contributed by atoms with van der Waals surface area (Å²) in [5.41, 5.74) is 0.233. The number of nitrogens with zero attached hydrogens (tertiary/aromatic N) is 1. The Morgan fingerprint density at radius 2 is 2.20 bits per heavy atom. The van der Waals surface area contributed by atoms with Crippen molar-refractivity contribution in [2.45, 2.75) is 0 Å². The molecule has 0 unspecified atom stereocenters. The van der Waals surface area contributed by atoms with E-state index in [1.165, 1.54) is 10.6 Å². The molecule has 1 aromatic heterocycles. The number of hydrogen-bond acceptors (Lipinski definition) is 2. The molecule has 0 aliphatic carbocycles. The highest BCUT2D eigenvalue weighted by molar-refractivity contribution is 5.71. The van der Waals surface area contributed by atoms with Crippen molar-refractivity contribution in [1.82, 2.24) is 4.57 Å². The van der Waals surface area contributed by atoms with E-state index in [1.54, 1.807) is 19.2 Å². The van der Waals surface area contributed by atoms with E-state index in [4.69, 9.17) is 0 Å². The Balaban J connectivity index is 3.41. The molecule has 0 aliphatic rings. The predicted molar refractivity (Wildman–Crippen MR) is 37.1 cm³/mol. The van der Waals surface area contributed by atoms with Crippen LogP contribution >= 0.6 is 0 Å². The van der Waals surface area contributed by atoms with Crippen LogP contribution in [-0.2, 0) is 7.05 Å². The molecule has 0 bridgehead atoms. The standard InChI is InChI=1S/C7H7NO2/c1-8-6(5-9)3-2-4-7(8)10/h2-5H,1H3. The monoisotopic (exact) mass is 137 g/mol. The number of pyridine rings is 1. The van der Waals surface area contributed by atoms with Gasteiger partial charge in [-0.1, -0.05) is 6.07 Å². The fourth-order valence-corrected chi connectivity index (χ4v) is 0.698. The van der Waals surface area contributed by atoms with Crippen molar-refractivity contribution in [3.8, 4) is 0 Å². The minimum absolute atomic E-state index is 0.162. The van der Waals surface area contributed by atoms with E-state index in [2.05, 4.69) is 0 Å². The summed E-state index contributed by atoms with van der Waals surface area (Å²) in [6, 6.07) is 4.56. The third kappa shape index (κ3) is 0.978. The molecule has 1 aromatic rings. The largest absolute Gasteiger partial charge is 0.309 e. The number of hydrogen-bond donors (Lipinski definition) is 0. The maximum atomic E-state index is 10.8. The molecule has 0 atom stereocenters. The average molecular weight is 137 g/mol. The van der Waals surface area contributed by atoms with Crippen molar-refractivity contribution < 1.29 is 4.79 Å². The van der Waals surface area contributed by atoms with E-state index in [-0.39, 0.29) is 5.56 Å². The van der Waals surface area contributed by atoms with Crippen LogP contribution in [0.1, 0.15) is 10.5 Å². The lowest BCUT2D eigenvalue weighted by Crippen LogP contribution is -2.17. The summed E-state index contributed by atoms with van der Waals surface area (Å²) in [6.45, 7) is 0. The quantitative estimate of drug-likeness (QED) is 0.518. The Labute approximate surface area is 57.9 Å². The lowest BCUT2D eigenvalue weighted by molar-refractivity contribution is 0.111. The first-order valence-electron chi connectivity index (χ1n) is 2.87. The molecule has 0 N–H and O–H groups in total. The zero-order valence-corrected chi connectivity index (χ0v) is 5.57. The molecule has 0 saturated carbocycles. The first-order valence-corrected chi connectivity index (χ1v) is 2.87. The lowest BCUT2D eigenvalue weighted by Gasteiger charge is -1.97. The molecule has 3 heteroatoms. The molecule has 0 saturated heterocycles. The van der Waals surface area contributed by atoms with E-state index < -0.39 is 0 Å². The molecule has 3 nitrogen and oxygen atoms in total. The first-order chi connectivity index (χ1) is 4.75. The normalized spacial score (nSPS) is 9.30. The molecule has 1 heterocycles. The molecular weight excluding hydrogens is 130 g/mol. The Kier molecular flexibility index (Phi) is 1.67. The van der Waals surface area contributed by atoms with Gasteiger partial charge in [-0.05, 0) is 6.07 Å². The number of rotatable bonds is 1. The summed E-state index contributed by atoms with van der Waals surface area (Å²) < 4.78 is 1.30. The predicted octanol–water partition coefficient (Wildman–Crippen LogP) is 0.198. The van der Waals surface area contributed by atoms with Gasteiger partial charge in [0.05, 0.1) is 5.69 Å². The second-order valence-corrected chi connectivity index (χ2v) is 1.97. The van der Waals surface area contributed by atoms with Crippen molar-refractivity contribution in [2.24, 2.45) is 7.05 Å². The minimum atomic E-state index is -0.162. The van der Waals surface area contributed by atoms with E-state index in [9.17, 15) is 9.59 Å². The number of aromatic nitrogens is 1. The van der Waals surface area contributed by atoms with Crippen LogP contribution in [0.2, 0.25) is 0 Å². The molecule has 0 fully saturated rings. The smallest absolute Gasteiger partial charge is 0.250 e. The summed E-state index contributed by atoms with van der Waals surface area (Å²) >= 11 is 0. The van der Waals surface area contributed by atoms with Crippen LogP contribution in [0, 0.1) is 0 Å². The van der Waals surface area contributed by atoms with Crippen LogP contribution in [0.15, 0.2) is 23.0 Å². The molecule has 0 spiro atoms. The van der Waals surface area contributed by atoms with E-state index in [1.807, 2.05) is 0 Å². The van der Waals surface area contributed by atoms with Crippen molar-refractivity contribution >= 4 is 6.29 Å². The van der Waals surface area contributed by atoms with Crippen molar-refractivity contribution in [3.05, 3.63) is 34.2 Å². The molecule has 52 valence electrons. The summed E-state index contributed by atoms with van der Waals surface area (Å²) in [4.78, 5) is 21.0. The molecular formula is C7H7NO2. The Bertz CT molecular complexity index is 301. The van der Waals surface area contributed by atoms with Crippen molar-refractivity contribution in [2.75, 3.05) is 0 Å². The maximum absolute atomic E-state index is 10.8.